The highest BCUT2D eigenvalue weighted by molar-refractivity contribution is 5.21. The van der Waals surface area contributed by atoms with E-state index in [2.05, 4.69) is 12.2 Å². The van der Waals surface area contributed by atoms with Crippen LogP contribution in [0, 0.1) is 17.0 Å². The van der Waals surface area contributed by atoms with Crippen molar-refractivity contribution in [2.45, 2.75) is 19.9 Å². The van der Waals surface area contributed by atoms with Crippen LogP contribution < -0.4 is 5.32 Å². The Morgan fingerprint density at radius 2 is 2.12 bits per heavy atom. The third-order valence-electron chi connectivity index (χ3n) is 3.17. The molecule has 0 bridgehead atoms. The SMILES string of the molecule is CC(NCC1(C)COC1)c1ccc(F)cc1F. The fraction of sp³-hybridized carbons (Fsp3) is 0.538. The zero-order chi connectivity index (χ0) is 12.5. The van der Waals surface area contributed by atoms with Crippen molar-refractivity contribution in [2.75, 3.05) is 19.8 Å². The molecular formula is C13H17F2NO. The number of halogens is 2. The first kappa shape index (κ1) is 12.5. The van der Waals surface area contributed by atoms with Crippen molar-refractivity contribution in [2.24, 2.45) is 5.41 Å². The molecule has 0 amide bonds. The average molecular weight is 241 g/mol. The largest absolute Gasteiger partial charge is 0.380 e. The molecule has 1 aliphatic rings. The highest BCUT2D eigenvalue weighted by Gasteiger charge is 2.33. The van der Waals surface area contributed by atoms with Gasteiger partial charge in [0.05, 0.1) is 13.2 Å². The van der Waals surface area contributed by atoms with Crippen LogP contribution in [0.3, 0.4) is 0 Å². The van der Waals surface area contributed by atoms with E-state index in [0.29, 0.717) is 5.56 Å². The first-order valence-corrected chi connectivity index (χ1v) is 5.76. The lowest BCUT2D eigenvalue weighted by Crippen LogP contribution is -2.47. The van der Waals surface area contributed by atoms with Crippen LogP contribution in [-0.2, 0) is 4.74 Å². The third-order valence-corrected chi connectivity index (χ3v) is 3.17. The number of nitrogens with one attached hydrogen (secondary N) is 1. The summed E-state index contributed by atoms with van der Waals surface area (Å²) in [6, 6.07) is 3.56. The zero-order valence-electron chi connectivity index (χ0n) is 10.1. The summed E-state index contributed by atoms with van der Waals surface area (Å²) < 4.78 is 31.4. The second kappa shape index (κ2) is 4.70. The number of benzene rings is 1. The maximum Gasteiger partial charge on any atom is 0.130 e. The Hall–Kier alpha value is -1.00. The maximum atomic E-state index is 13.5. The Balaban J connectivity index is 1.96. The van der Waals surface area contributed by atoms with E-state index in [9.17, 15) is 8.78 Å². The minimum atomic E-state index is -0.544. The van der Waals surface area contributed by atoms with Gasteiger partial charge in [-0.2, -0.15) is 0 Å². The molecule has 0 radical (unpaired) electrons. The number of hydrogen-bond acceptors (Lipinski definition) is 2. The van der Waals surface area contributed by atoms with Crippen LogP contribution in [0.2, 0.25) is 0 Å². The van der Waals surface area contributed by atoms with E-state index in [1.165, 1.54) is 12.1 Å². The van der Waals surface area contributed by atoms with Crippen LogP contribution in [0.5, 0.6) is 0 Å². The lowest BCUT2D eigenvalue weighted by molar-refractivity contribution is -0.0999. The van der Waals surface area contributed by atoms with Gasteiger partial charge in [0, 0.05) is 29.6 Å². The van der Waals surface area contributed by atoms with Crippen LogP contribution in [0.15, 0.2) is 18.2 Å². The van der Waals surface area contributed by atoms with E-state index in [0.717, 1.165) is 25.8 Å². The van der Waals surface area contributed by atoms with Gasteiger partial charge in [0.25, 0.3) is 0 Å². The smallest absolute Gasteiger partial charge is 0.130 e. The van der Waals surface area contributed by atoms with E-state index in [1.807, 2.05) is 6.92 Å². The maximum absolute atomic E-state index is 13.5. The summed E-state index contributed by atoms with van der Waals surface area (Å²) in [5, 5.41) is 3.26. The number of rotatable bonds is 4. The van der Waals surface area contributed by atoms with Crippen molar-refractivity contribution in [3.8, 4) is 0 Å². The van der Waals surface area contributed by atoms with Gasteiger partial charge < -0.3 is 10.1 Å². The van der Waals surface area contributed by atoms with Gasteiger partial charge in [-0.05, 0) is 13.0 Å². The number of hydrogen-bond donors (Lipinski definition) is 1. The van der Waals surface area contributed by atoms with Gasteiger partial charge in [-0.25, -0.2) is 8.78 Å². The minimum Gasteiger partial charge on any atom is -0.380 e. The van der Waals surface area contributed by atoms with Gasteiger partial charge in [-0.1, -0.05) is 13.0 Å². The molecule has 0 spiro atoms. The van der Waals surface area contributed by atoms with Crippen LogP contribution in [0.4, 0.5) is 8.78 Å². The molecule has 2 nitrogen and oxygen atoms in total. The Morgan fingerprint density at radius 3 is 2.65 bits per heavy atom. The van der Waals surface area contributed by atoms with Crippen molar-refractivity contribution in [3.63, 3.8) is 0 Å². The van der Waals surface area contributed by atoms with Crippen LogP contribution in [0.25, 0.3) is 0 Å². The lowest BCUT2D eigenvalue weighted by Gasteiger charge is -2.39. The molecule has 1 fully saturated rings. The monoisotopic (exact) mass is 241 g/mol. The molecule has 1 aromatic rings. The molecule has 0 saturated carbocycles. The normalized spacial score (nSPS) is 19.8. The molecule has 0 aromatic heterocycles. The fourth-order valence-electron chi connectivity index (χ4n) is 1.91. The van der Waals surface area contributed by atoms with Gasteiger partial charge in [0.15, 0.2) is 0 Å². The van der Waals surface area contributed by atoms with Crippen molar-refractivity contribution in [1.29, 1.82) is 0 Å². The van der Waals surface area contributed by atoms with Crippen molar-refractivity contribution < 1.29 is 13.5 Å². The number of ether oxygens (including phenoxy) is 1. The van der Waals surface area contributed by atoms with E-state index >= 15 is 0 Å². The molecule has 0 aliphatic carbocycles. The average Bonchev–Trinajstić information content (AvgIpc) is 2.23. The molecule has 2 rings (SSSR count). The summed E-state index contributed by atoms with van der Waals surface area (Å²) in [6.45, 7) is 6.23. The molecule has 1 aliphatic heterocycles. The van der Waals surface area contributed by atoms with E-state index in [1.54, 1.807) is 0 Å². The fourth-order valence-corrected chi connectivity index (χ4v) is 1.91. The summed E-state index contributed by atoms with van der Waals surface area (Å²) in [7, 11) is 0. The highest BCUT2D eigenvalue weighted by atomic mass is 19.1. The van der Waals surface area contributed by atoms with Gasteiger partial charge in [0.1, 0.15) is 11.6 Å². The van der Waals surface area contributed by atoms with E-state index in [-0.39, 0.29) is 11.5 Å². The molecular weight excluding hydrogens is 224 g/mol. The molecule has 1 saturated heterocycles. The minimum absolute atomic E-state index is 0.131. The molecule has 1 N–H and O–H groups in total. The molecule has 94 valence electrons. The standard InChI is InChI=1S/C13H17F2NO/c1-9(16-6-13(2)7-17-8-13)11-4-3-10(14)5-12(11)15/h3-5,9,16H,6-8H2,1-2H3. The topological polar surface area (TPSA) is 21.3 Å². The summed E-state index contributed by atoms with van der Waals surface area (Å²) in [6.07, 6.45) is 0. The van der Waals surface area contributed by atoms with Crippen LogP contribution in [-0.4, -0.2) is 19.8 Å². The van der Waals surface area contributed by atoms with E-state index in [4.69, 9.17) is 4.74 Å². The molecule has 17 heavy (non-hydrogen) atoms. The van der Waals surface area contributed by atoms with Crippen molar-refractivity contribution >= 4 is 0 Å². The Bertz CT molecular complexity index is 404. The molecule has 4 heteroatoms. The summed E-state index contributed by atoms with van der Waals surface area (Å²) >= 11 is 0. The summed E-state index contributed by atoms with van der Waals surface area (Å²) in [5.74, 6) is -1.04. The predicted molar refractivity (Wildman–Crippen MR) is 61.7 cm³/mol. The predicted octanol–water partition coefficient (Wildman–Crippen LogP) is 2.65. The highest BCUT2D eigenvalue weighted by Crippen LogP contribution is 2.27. The van der Waals surface area contributed by atoms with Gasteiger partial charge in [-0.15, -0.1) is 0 Å². The third kappa shape index (κ3) is 2.82. The Morgan fingerprint density at radius 1 is 1.41 bits per heavy atom. The Labute approximate surface area is 100.0 Å². The van der Waals surface area contributed by atoms with Crippen molar-refractivity contribution in [1.82, 2.24) is 5.32 Å². The molecule has 1 aromatic carbocycles. The second-order valence-corrected chi connectivity index (χ2v) is 5.07. The van der Waals surface area contributed by atoms with Crippen LogP contribution >= 0.6 is 0 Å². The van der Waals surface area contributed by atoms with Crippen LogP contribution in [0.1, 0.15) is 25.5 Å². The van der Waals surface area contributed by atoms with Gasteiger partial charge in [0.2, 0.25) is 0 Å². The Kier molecular flexibility index (Phi) is 3.45. The quantitative estimate of drug-likeness (QED) is 0.875. The van der Waals surface area contributed by atoms with Gasteiger partial charge in [-0.3, -0.25) is 0 Å². The first-order valence-electron chi connectivity index (χ1n) is 5.76. The molecule has 1 unspecified atom stereocenters. The van der Waals surface area contributed by atoms with Crippen molar-refractivity contribution in [3.05, 3.63) is 35.4 Å². The second-order valence-electron chi connectivity index (χ2n) is 5.07. The lowest BCUT2D eigenvalue weighted by atomic mass is 9.88. The zero-order valence-corrected chi connectivity index (χ0v) is 10.1. The first-order chi connectivity index (χ1) is 8.00. The van der Waals surface area contributed by atoms with E-state index < -0.39 is 11.6 Å². The molecule has 1 heterocycles. The summed E-state index contributed by atoms with van der Waals surface area (Å²) in [4.78, 5) is 0. The molecule has 1 atom stereocenters. The van der Waals surface area contributed by atoms with Gasteiger partial charge >= 0.3 is 0 Å². The summed E-state index contributed by atoms with van der Waals surface area (Å²) in [5.41, 5.74) is 0.639.